The number of benzene rings is 1. The molecule has 1 spiro atoms. The Morgan fingerprint density at radius 1 is 1.20 bits per heavy atom. The van der Waals surface area contributed by atoms with Gasteiger partial charge in [-0.15, -0.1) is 0 Å². The molecule has 1 aliphatic heterocycles. The van der Waals surface area contributed by atoms with Crippen LogP contribution in [0.5, 0.6) is 0 Å². The van der Waals surface area contributed by atoms with Crippen LogP contribution in [-0.4, -0.2) is 23.0 Å². The van der Waals surface area contributed by atoms with Gasteiger partial charge in [0.1, 0.15) is 0 Å². The van der Waals surface area contributed by atoms with Crippen molar-refractivity contribution in [2.24, 2.45) is 0 Å². The fraction of sp³-hybridized carbons (Fsp3) is 0.667. The highest BCUT2D eigenvalue weighted by molar-refractivity contribution is 5.54. The van der Waals surface area contributed by atoms with Gasteiger partial charge in [-0.25, -0.2) is 0 Å². The van der Waals surface area contributed by atoms with Gasteiger partial charge in [0.2, 0.25) is 0 Å². The standard InChI is InChI=1S/C18H28N2/c1-13(2)20-11-14-10-15(19-17(3,4)5)6-7-16(14)18(12-20)8-9-18/h6-7,10,13,19H,8-9,11-12H2,1-5H3. The van der Waals surface area contributed by atoms with Crippen molar-refractivity contribution in [2.75, 3.05) is 11.9 Å². The molecule has 1 saturated carbocycles. The number of fused-ring (bicyclic) bond motifs is 2. The lowest BCUT2D eigenvalue weighted by atomic mass is 9.86. The molecule has 0 unspecified atom stereocenters. The molecule has 2 heteroatoms. The number of anilines is 1. The quantitative estimate of drug-likeness (QED) is 0.870. The zero-order chi connectivity index (χ0) is 14.5. The van der Waals surface area contributed by atoms with Crippen LogP contribution >= 0.6 is 0 Å². The van der Waals surface area contributed by atoms with Crippen LogP contribution in [0.25, 0.3) is 0 Å². The van der Waals surface area contributed by atoms with Crippen molar-refractivity contribution in [1.29, 1.82) is 0 Å². The number of rotatable bonds is 2. The first-order valence-corrected chi connectivity index (χ1v) is 7.95. The van der Waals surface area contributed by atoms with Gasteiger partial charge < -0.3 is 5.32 Å². The summed E-state index contributed by atoms with van der Waals surface area (Å²) in [4.78, 5) is 2.64. The Hall–Kier alpha value is -1.02. The molecule has 0 saturated heterocycles. The Morgan fingerprint density at radius 3 is 2.45 bits per heavy atom. The molecule has 0 atom stereocenters. The molecule has 0 amide bonds. The lowest BCUT2D eigenvalue weighted by molar-refractivity contribution is 0.177. The number of nitrogens with one attached hydrogen (secondary N) is 1. The van der Waals surface area contributed by atoms with Crippen LogP contribution in [0.1, 0.15) is 58.6 Å². The van der Waals surface area contributed by atoms with E-state index in [2.05, 4.69) is 63.0 Å². The molecule has 1 aromatic rings. The van der Waals surface area contributed by atoms with E-state index in [0.29, 0.717) is 11.5 Å². The Kier molecular flexibility index (Phi) is 3.13. The summed E-state index contributed by atoms with van der Waals surface area (Å²) < 4.78 is 0. The molecular weight excluding hydrogens is 244 g/mol. The van der Waals surface area contributed by atoms with Gasteiger partial charge >= 0.3 is 0 Å². The average Bonchev–Trinajstić information content (AvgIpc) is 3.06. The van der Waals surface area contributed by atoms with E-state index in [1.807, 2.05) is 0 Å². The van der Waals surface area contributed by atoms with Crippen LogP contribution in [0, 0.1) is 0 Å². The van der Waals surface area contributed by atoms with E-state index < -0.39 is 0 Å². The molecule has 1 heterocycles. The van der Waals surface area contributed by atoms with Gasteiger partial charge in [-0.3, -0.25) is 4.90 Å². The molecule has 110 valence electrons. The van der Waals surface area contributed by atoms with Crippen molar-refractivity contribution in [3.8, 4) is 0 Å². The monoisotopic (exact) mass is 272 g/mol. The maximum absolute atomic E-state index is 3.60. The highest BCUT2D eigenvalue weighted by Crippen LogP contribution is 2.53. The van der Waals surface area contributed by atoms with E-state index in [9.17, 15) is 0 Å². The Balaban J connectivity index is 1.92. The molecule has 20 heavy (non-hydrogen) atoms. The third-order valence-electron chi connectivity index (χ3n) is 4.66. The number of hydrogen-bond acceptors (Lipinski definition) is 2. The van der Waals surface area contributed by atoms with E-state index >= 15 is 0 Å². The molecule has 3 rings (SSSR count). The second-order valence-electron chi connectivity index (χ2n) is 8.03. The molecule has 0 aromatic heterocycles. The van der Waals surface area contributed by atoms with Gasteiger partial charge in [0, 0.05) is 35.8 Å². The first-order valence-electron chi connectivity index (χ1n) is 7.95. The van der Waals surface area contributed by atoms with Crippen LogP contribution in [0.15, 0.2) is 18.2 Å². The van der Waals surface area contributed by atoms with Crippen LogP contribution in [0.2, 0.25) is 0 Å². The molecule has 1 aromatic carbocycles. The third-order valence-corrected chi connectivity index (χ3v) is 4.66. The van der Waals surface area contributed by atoms with Crippen molar-refractivity contribution in [3.05, 3.63) is 29.3 Å². The van der Waals surface area contributed by atoms with Crippen molar-refractivity contribution >= 4 is 5.69 Å². The van der Waals surface area contributed by atoms with E-state index in [-0.39, 0.29) is 5.54 Å². The zero-order valence-electron chi connectivity index (χ0n) is 13.6. The minimum Gasteiger partial charge on any atom is -0.380 e. The molecule has 1 fully saturated rings. The van der Waals surface area contributed by atoms with E-state index in [1.54, 1.807) is 5.56 Å². The second kappa shape index (κ2) is 4.49. The smallest absolute Gasteiger partial charge is 0.0347 e. The third kappa shape index (κ3) is 2.58. The van der Waals surface area contributed by atoms with Gasteiger partial charge in [0.05, 0.1) is 0 Å². The highest BCUT2D eigenvalue weighted by Gasteiger charge is 2.49. The lowest BCUT2D eigenvalue weighted by Crippen LogP contribution is -2.41. The van der Waals surface area contributed by atoms with Crippen molar-refractivity contribution in [1.82, 2.24) is 4.90 Å². The van der Waals surface area contributed by atoms with E-state index in [0.717, 1.165) is 6.54 Å². The summed E-state index contributed by atoms with van der Waals surface area (Å²) >= 11 is 0. The molecular formula is C18H28N2. The fourth-order valence-corrected chi connectivity index (χ4v) is 3.44. The Bertz CT molecular complexity index is 507. The van der Waals surface area contributed by atoms with Gasteiger partial charge in [-0.1, -0.05) is 6.07 Å². The van der Waals surface area contributed by atoms with E-state index in [1.165, 1.54) is 30.6 Å². The number of nitrogens with zero attached hydrogens (tertiary/aromatic N) is 1. The van der Waals surface area contributed by atoms with Crippen LogP contribution in [0.4, 0.5) is 5.69 Å². The summed E-state index contributed by atoms with van der Waals surface area (Å²) in [5.41, 5.74) is 5.03. The Morgan fingerprint density at radius 2 is 1.90 bits per heavy atom. The second-order valence-corrected chi connectivity index (χ2v) is 8.03. The summed E-state index contributed by atoms with van der Waals surface area (Å²) in [5.74, 6) is 0. The SMILES string of the molecule is CC(C)N1Cc2cc(NC(C)(C)C)ccc2C2(CC2)C1. The van der Waals surface area contributed by atoms with Crippen molar-refractivity contribution < 1.29 is 0 Å². The predicted octanol–water partition coefficient (Wildman–Crippen LogP) is 4.15. The van der Waals surface area contributed by atoms with Crippen molar-refractivity contribution in [3.63, 3.8) is 0 Å². The molecule has 2 nitrogen and oxygen atoms in total. The van der Waals surface area contributed by atoms with Crippen LogP contribution in [-0.2, 0) is 12.0 Å². The predicted molar refractivity (Wildman–Crippen MR) is 86.3 cm³/mol. The van der Waals surface area contributed by atoms with Crippen molar-refractivity contribution in [2.45, 2.75) is 71.0 Å². The highest BCUT2D eigenvalue weighted by atomic mass is 15.2. The summed E-state index contributed by atoms with van der Waals surface area (Å²) in [6.07, 6.45) is 2.74. The lowest BCUT2D eigenvalue weighted by Gasteiger charge is -2.38. The molecule has 2 aliphatic rings. The molecule has 0 bridgehead atoms. The first kappa shape index (κ1) is 13.9. The fourth-order valence-electron chi connectivity index (χ4n) is 3.44. The Labute approximate surface area is 123 Å². The summed E-state index contributed by atoms with van der Waals surface area (Å²) in [6, 6.07) is 7.68. The normalized spacial score (nSPS) is 21.1. The van der Waals surface area contributed by atoms with E-state index in [4.69, 9.17) is 0 Å². The summed E-state index contributed by atoms with van der Waals surface area (Å²) in [6.45, 7) is 13.6. The number of hydrogen-bond donors (Lipinski definition) is 1. The first-order chi connectivity index (χ1) is 9.29. The molecule has 1 N–H and O–H groups in total. The van der Waals surface area contributed by atoms with Gasteiger partial charge in [-0.2, -0.15) is 0 Å². The minimum atomic E-state index is 0.123. The van der Waals surface area contributed by atoms with Gasteiger partial charge in [0.25, 0.3) is 0 Å². The molecule has 1 aliphatic carbocycles. The average molecular weight is 272 g/mol. The maximum Gasteiger partial charge on any atom is 0.0347 e. The summed E-state index contributed by atoms with van der Waals surface area (Å²) in [5, 5.41) is 3.60. The topological polar surface area (TPSA) is 15.3 Å². The van der Waals surface area contributed by atoms with Crippen LogP contribution in [0.3, 0.4) is 0 Å². The zero-order valence-corrected chi connectivity index (χ0v) is 13.6. The largest absolute Gasteiger partial charge is 0.380 e. The minimum absolute atomic E-state index is 0.123. The molecule has 0 radical (unpaired) electrons. The van der Waals surface area contributed by atoms with Gasteiger partial charge in [0.15, 0.2) is 0 Å². The van der Waals surface area contributed by atoms with Gasteiger partial charge in [-0.05, 0) is 70.7 Å². The van der Waals surface area contributed by atoms with Crippen LogP contribution < -0.4 is 5.32 Å². The maximum atomic E-state index is 3.60. The summed E-state index contributed by atoms with van der Waals surface area (Å²) in [7, 11) is 0.